The average molecular weight is 697 g/mol. The number of ketones is 4. The van der Waals surface area contributed by atoms with E-state index in [0.717, 1.165) is 22.9 Å². The molecular formula is C44H32N4O5. The Morgan fingerprint density at radius 2 is 1.00 bits per heavy atom. The molecular weight excluding hydrogens is 665 g/mol. The van der Waals surface area contributed by atoms with E-state index in [9.17, 15) is 24.0 Å². The van der Waals surface area contributed by atoms with E-state index in [2.05, 4.69) is 9.97 Å². The number of nitrogens with zero attached hydrogens (tertiary/aromatic N) is 1. The number of aryl methyl sites for hydroxylation is 2. The number of hydrogen-bond donors (Lipinski definition) is 3. The van der Waals surface area contributed by atoms with Crippen LogP contribution in [0.3, 0.4) is 0 Å². The molecule has 1 heterocycles. The normalized spacial score (nSPS) is 12.3. The van der Waals surface area contributed by atoms with Crippen LogP contribution in [-0.2, 0) is 0 Å². The van der Waals surface area contributed by atoms with Gasteiger partial charge in [0.1, 0.15) is 17.6 Å². The fourth-order valence-electron chi connectivity index (χ4n) is 6.37. The van der Waals surface area contributed by atoms with Crippen LogP contribution in [0.15, 0.2) is 121 Å². The van der Waals surface area contributed by atoms with Crippen LogP contribution in [-0.4, -0.2) is 39.4 Å². The van der Waals surface area contributed by atoms with Crippen molar-refractivity contribution in [3.05, 3.63) is 183 Å². The van der Waals surface area contributed by atoms with Gasteiger partial charge in [-0.05, 0) is 38.1 Å². The predicted octanol–water partition coefficient (Wildman–Crippen LogP) is 7.75. The van der Waals surface area contributed by atoms with Crippen molar-refractivity contribution in [1.82, 2.24) is 9.97 Å². The number of fused-ring (bicyclic) bond motifs is 6. The topological polar surface area (TPSA) is 166 Å². The quantitative estimate of drug-likeness (QED) is 0.122. The van der Waals surface area contributed by atoms with E-state index in [4.69, 9.17) is 11.5 Å². The van der Waals surface area contributed by atoms with E-state index in [-0.39, 0.29) is 34.4 Å². The maximum absolute atomic E-state index is 13.1. The lowest BCUT2D eigenvalue weighted by atomic mass is 9.83. The maximum atomic E-state index is 13.1. The van der Waals surface area contributed by atoms with Crippen LogP contribution in [0.1, 0.15) is 85.2 Å². The highest BCUT2D eigenvalue weighted by Gasteiger charge is 2.33. The monoisotopic (exact) mass is 696 g/mol. The molecule has 0 saturated carbocycles. The Bertz CT molecular complexity index is 2640. The SMILES string of the molecule is Cc1ccc(-c2nc3c4c(ccc3[nH]2)C(=O)c2ccccc2C4=O)cc1.Cc1ccc(C=O)cc1.Nc1ccc2c(c1N)C(=O)c1ccccc1C2=O. The van der Waals surface area contributed by atoms with Crippen molar-refractivity contribution in [2.24, 2.45) is 0 Å². The molecule has 0 bridgehead atoms. The van der Waals surface area contributed by atoms with Crippen molar-refractivity contribution in [2.45, 2.75) is 13.8 Å². The number of aldehydes is 1. The summed E-state index contributed by atoms with van der Waals surface area (Å²) in [6, 6.07) is 35.8. The minimum Gasteiger partial charge on any atom is -0.397 e. The Labute approximate surface area is 304 Å². The number of aromatic nitrogens is 2. The van der Waals surface area contributed by atoms with E-state index in [1.807, 2.05) is 68.4 Å². The summed E-state index contributed by atoms with van der Waals surface area (Å²) in [5, 5.41) is 0. The summed E-state index contributed by atoms with van der Waals surface area (Å²) in [6.07, 6.45) is 0.847. The molecule has 258 valence electrons. The Morgan fingerprint density at radius 3 is 1.55 bits per heavy atom. The minimum atomic E-state index is -0.245. The van der Waals surface area contributed by atoms with Gasteiger partial charge in [0.25, 0.3) is 0 Å². The molecule has 0 amide bonds. The number of nitrogens with two attached hydrogens (primary N) is 2. The van der Waals surface area contributed by atoms with Crippen LogP contribution in [0.2, 0.25) is 0 Å². The molecule has 6 aromatic carbocycles. The van der Waals surface area contributed by atoms with Gasteiger partial charge in [0, 0.05) is 44.5 Å². The molecule has 2 aliphatic rings. The third-order valence-corrected chi connectivity index (χ3v) is 9.25. The number of aromatic amines is 1. The van der Waals surface area contributed by atoms with Gasteiger partial charge in [-0.25, -0.2) is 4.98 Å². The zero-order chi connectivity index (χ0) is 37.4. The summed E-state index contributed by atoms with van der Waals surface area (Å²) in [4.78, 5) is 68.5. The van der Waals surface area contributed by atoms with Crippen LogP contribution in [0.5, 0.6) is 0 Å². The van der Waals surface area contributed by atoms with E-state index in [1.165, 1.54) is 11.1 Å². The van der Waals surface area contributed by atoms with Crippen molar-refractivity contribution in [3.63, 3.8) is 0 Å². The number of anilines is 2. The molecule has 9 rings (SSSR count). The Kier molecular flexibility index (Phi) is 8.91. The minimum absolute atomic E-state index is 0.128. The molecule has 7 aromatic rings. The highest BCUT2D eigenvalue weighted by molar-refractivity contribution is 6.32. The summed E-state index contributed by atoms with van der Waals surface area (Å²) < 4.78 is 0. The standard InChI is InChI=1S/C22H14N2O2.C14H10N2O2.C8H8O/c1-12-6-8-13(9-7-12)22-23-17-11-10-16-18(19(17)24-22)21(26)15-5-3-2-4-14(15)20(16)25;15-10-6-5-9-11(12(10)16)14(18)8-4-2-1-3-7(8)13(9)17;1-7-2-4-8(6-9)5-3-7/h2-11H,1H3,(H,23,24);1-6H,15-16H2;2-6H,1H3. The van der Waals surface area contributed by atoms with Crippen molar-refractivity contribution in [1.29, 1.82) is 0 Å². The first-order chi connectivity index (χ1) is 25.6. The number of nitrogen functional groups attached to an aromatic ring is 2. The van der Waals surface area contributed by atoms with Crippen LogP contribution >= 0.6 is 0 Å². The van der Waals surface area contributed by atoms with Gasteiger partial charge in [-0.15, -0.1) is 0 Å². The maximum Gasteiger partial charge on any atom is 0.196 e. The zero-order valence-corrected chi connectivity index (χ0v) is 28.8. The third kappa shape index (κ3) is 6.21. The van der Waals surface area contributed by atoms with Crippen LogP contribution in [0, 0.1) is 13.8 Å². The molecule has 5 N–H and O–H groups in total. The number of rotatable bonds is 2. The molecule has 0 fully saturated rings. The second-order valence-corrected chi connectivity index (χ2v) is 12.8. The summed E-state index contributed by atoms with van der Waals surface area (Å²) >= 11 is 0. The van der Waals surface area contributed by atoms with Gasteiger partial charge in [0.05, 0.1) is 28.0 Å². The van der Waals surface area contributed by atoms with Crippen LogP contribution < -0.4 is 11.5 Å². The van der Waals surface area contributed by atoms with Crippen molar-refractivity contribution in [2.75, 3.05) is 11.5 Å². The van der Waals surface area contributed by atoms with Gasteiger partial charge < -0.3 is 16.5 Å². The van der Waals surface area contributed by atoms with Crippen molar-refractivity contribution < 1.29 is 24.0 Å². The van der Waals surface area contributed by atoms with Gasteiger partial charge in [0.2, 0.25) is 0 Å². The number of hydrogen-bond acceptors (Lipinski definition) is 8. The molecule has 0 spiro atoms. The van der Waals surface area contributed by atoms with E-state index < -0.39 is 0 Å². The molecule has 1 aromatic heterocycles. The third-order valence-electron chi connectivity index (χ3n) is 9.25. The smallest absolute Gasteiger partial charge is 0.196 e. The molecule has 9 nitrogen and oxygen atoms in total. The Balaban J connectivity index is 0.000000139. The number of nitrogens with one attached hydrogen (secondary N) is 1. The van der Waals surface area contributed by atoms with Gasteiger partial charge >= 0.3 is 0 Å². The zero-order valence-electron chi connectivity index (χ0n) is 28.8. The van der Waals surface area contributed by atoms with Crippen LogP contribution in [0.25, 0.3) is 22.4 Å². The van der Waals surface area contributed by atoms with Gasteiger partial charge in [-0.2, -0.15) is 0 Å². The first-order valence-corrected chi connectivity index (χ1v) is 16.7. The summed E-state index contributed by atoms with van der Waals surface area (Å²) in [5.74, 6) is -0.0239. The molecule has 0 saturated heterocycles. The molecule has 53 heavy (non-hydrogen) atoms. The van der Waals surface area contributed by atoms with E-state index in [1.54, 1.807) is 66.7 Å². The molecule has 2 aliphatic carbocycles. The van der Waals surface area contributed by atoms with Gasteiger partial charge in [0.15, 0.2) is 23.1 Å². The predicted molar refractivity (Wildman–Crippen MR) is 205 cm³/mol. The largest absolute Gasteiger partial charge is 0.397 e. The lowest BCUT2D eigenvalue weighted by Gasteiger charge is -2.19. The molecule has 0 unspecified atom stereocenters. The lowest BCUT2D eigenvalue weighted by Crippen LogP contribution is -2.22. The number of benzene rings is 6. The first kappa shape index (κ1) is 34.2. The number of carbonyl (C=O) groups is 5. The molecule has 0 aliphatic heterocycles. The second kappa shape index (κ2) is 13.8. The Morgan fingerprint density at radius 1 is 0.528 bits per heavy atom. The van der Waals surface area contributed by atoms with Crippen molar-refractivity contribution in [3.8, 4) is 11.4 Å². The fourth-order valence-corrected chi connectivity index (χ4v) is 6.37. The fraction of sp³-hybridized carbons (Fsp3) is 0.0455. The van der Waals surface area contributed by atoms with Crippen LogP contribution in [0.4, 0.5) is 11.4 Å². The summed E-state index contributed by atoms with van der Waals surface area (Å²) in [6.45, 7) is 4.02. The number of imidazole rings is 1. The highest BCUT2D eigenvalue weighted by Crippen LogP contribution is 2.34. The summed E-state index contributed by atoms with van der Waals surface area (Å²) in [7, 11) is 0. The Hall–Kier alpha value is -7.26. The molecule has 9 heteroatoms. The lowest BCUT2D eigenvalue weighted by molar-refractivity contribution is 0.0980. The second-order valence-electron chi connectivity index (χ2n) is 12.8. The summed E-state index contributed by atoms with van der Waals surface area (Å²) in [5.41, 5.74) is 20.4. The number of H-pyrrole nitrogens is 1. The molecule has 0 atom stereocenters. The van der Waals surface area contributed by atoms with Gasteiger partial charge in [-0.3, -0.25) is 24.0 Å². The van der Waals surface area contributed by atoms with E-state index in [0.29, 0.717) is 56.0 Å². The number of carbonyl (C=O) groups excluding carboxylic acids is 5. The van der Waals surface area contributed by atoms with E-state index >= 15 is 0 Å². The molecule has 0 radical (unpaired) electrons. The van der Waals surface area contributed by atoms with Gasteiger partial charge in [-0.1, -0.05) is 108 Å². The van der Waals surface area contributed by atoms with Crippen molar-refractivity contribution >= 4 is 51.8 Å². The highest BCUT2D eigenvalue weighted by atomic mass is 16.1. The average Bonchev–Trinajstić information content (AvgIpc) is 3.63. The first-order valence-electron chi connectivity index (χ1n) is 16.7.